The van der Waals surface area contributed by atoms with Crippen molar-refractivity contribution in [2.75, 3.05) is 13.1 Å². The van der Waals surface area contributed by atoms with Crippen molar-refractivity contribution in [1.82, 2.24) is 4.90 Å². The van der Waals surface area contributed by atoms with Crippen LogP contribution in [0.1, 0.15) is 38.5 Å². The van der Waals surface area contributed by atoms with Gasteiger partial charge in [0.25, 0.3) is 0 Å². The summed E-state index contributed by atoms with van der Waals surface area (Å²) < 4.78 is 0. The zero-order valence-electron chi connectivity index (χ0n) is 10.1. The minimum atomic E-state index is -0.653. The molecule has 0 aromatic carbocycles. The Labute approximate surface area is 102 Å². The monoisotopic (exact) mass is 236 g/mol. The van der Waals surface area contributed by atoms with Gasteiger partial charge in [-0.3, -0.25) is 9.69 Å². The minimum absolute atomic E-state index is 0.260. The van der Waals surface area contributed by atoms with E-state index in [0.717, 1.165) is 32.4 Å². The second kappa shape index (κ2) is 5.50. The van der Waals surface area contributed by atoms with Gasteiger partial charge in [-0.2, -0.15) is 5.26 Å². The zero-order chi connectivity index (χ0) is 12.3. The number of carboxylic acids is 1. The van der Waals surface area contributed by atoms with E-state index in [9.17, 15) is 9.90 Å². The normalized spacial score (nSPS) is 32.3. The highest BCUT2D eigenvalue weighted by molar-refractivity contribution is 5.74. The number of likely N-dealkylation sites (tertiary alicyclic amines) is 1. The molecule has 17 heavy (non-hydrogen) atoms. The fraction of sp³-hybridized carbons (Fsp3) is 0.846. The molecule has 1 N–H and O–H groups in total. The number of aliphatic carboxylic acids is 1. The van der Waals surface area contributed by atoms with Crippen LogP contribution in [0, 0.1) is 23.2 Å². The summed E-state index contributed by atoms with van der Waals surface area (Å²) in [7, 11) is 0. The predicted molar refractivity (Wildman–Crippen MR) is 63.3 cm³/mol. The van der Waals surface area contributed by atoms with E-state index in [4.69, 9.17) is 5.26 Å². The first-order chi connectivity index (χ1) is 8.24. The van der Waals surface area contributed by atoms with Crippen molar-refractivity contribution in [3.05, 3.63) is 0 Å². The van der Waals surface area contributed by atoms with Crippen LogP contribution in [-0.4, -0.2) is 35.1 Å². The van der Waals surface area contributed by atoms with Gasteiger partial charge in [0.2, 0.25) is 0 Å². The number of unbranched alkanes of at least 4 members (excludes halogenated alkanes) is 2. The minimum Gasteiger partial charge on any atom is -0.480 e. The van der Waals surface area contributed by atoms with Crippen molar-refractivity contribution < 1.29 is 9.90 Å². The van der Waals surface area contributed by atoms with Crippen molar-refractivity contribution in [3.63, 3.8) is 0 Å². The van der Waals surface area contributed by atoms with Crippen molar-refractivity contribution in [2.24, 2.45) is 11.8 Å². The van der Waals surface area contributed by atoms with Gasteiger partial charge >= 0.3 is 5.97 Å². The third-order valence-corrected chi connectivity index (χ3v) is 4.22. The highest BCUT2D eigenvalue weighted by atomic mass is 16.4. The summed E-state index contributed by atoms with van der Waals surface area (Å²) in [4.78, 5) is 13.5. The van der Waals surface area contributed by atoms with Crippen LogP contribution >= 0.6 is 0 Å². The first kappa shape index (κ1) is 12.4. The summed E-state index contributed by atoms with van der Waals surface area (Å²) >= 11 is 0. The van der Waals surface area contributed by atoms with Crippen molar-refractivity contribution in [1.29, 1.82) is 5.26 Å². The van der Waals surface area contributed by atoms with E-state index < -0.39 is 5.97 Å². The number of hydrogen-bond acceptors (Lipinski definition) is 3. The van der Waals surface area contributed by atoms with Crippen molar-refractivity contribution in [3.8, 4) is 6.07 Å². The molecule has 0 amide bonds. The highest BCUT2D eigenvalue weighted by Crippen LogP contribution is 2.42. The Bertz CT molecular complexity index is 324. The van der Waals surface area contributed by atoms with Crippen LogP contribution in [0.5, 0.6) is 0 Å². The lowest BCUT2D eigenvalue weighted by Crippen LogP contribution is -2.40. The number of carbonyl (C=O) groups is 1. The Morgan fingerprint density at radius 2 is 2.24 bits per heavy atom. The average Bonchev–Trinajstić information content (AvgIpc) is 2.83. The number of fused-ring (bicyclic) bond motifs is 1. The number of rotatable bonds is 5. The van der Waals surface area contributed by atoms with Gasteiger partial charge < -0.3 is 5.11 Å². The van der Waals surface area contributed by atoms with E-state index in [1.54, 1.807) is 0 Å². The largest absolute Gasteiger partial charge is 0.480 e. The average molecular weight is 236 g/mol. The maximum absolute atomic E-state index is 11.3. The summed E-state index contributed by atoms with van der Waals surface area (Å²) in [6.45, 7) is 1.79. The van der Waals surface area contributed by atoms with Crippen molar-refractivity contribution >= 4 is 5.97 Å². The third kappa shape index (κ3) is 2.61. The molecule has 2 aliphatic rings. The molecule has 1 saturated heterocycles. The smallest absolute Gasteiger partial charge is 0.321 e. The molecule has 2 rings (SSSR count). The van der Waals surface area contributed by atoms with Gasteiger partial charge in [-0.15, -0.1) is 0 Å². The quantitative estimate of drug-likeness (QED) is 0.740. The molecule has 3 atom stereocenters. The van der Waals surface area contributed by atoms with E-state index in [-0.39, 0.29) is 6.04 Å². The molecule has 2 fully saturated rings. The van der Waals surface area contributed by atoms with Crippen LogP contribution in [0.25, 0.3) is 0 Å². The lowest BCUT2D eigenvalue weighted by atomic mass is 9.94. The third-order valence-electron chi connectivity index (χ3n) is 4.22. The second-order valence-corrected chi connectivity index (χ2v) is 5.25. The van der Waals surface area contributed by atoms with Gasteiger partial charge in [0.15, 0.2) is 0 Å². The molecule has 1 aliphatic heterocycles. The predicted octanol–water partition coefficient (Wildman–Crippen LogP) is 1.87. The van der Waals surface area contributed by atoms with Gasteiger partial charge in [0, 0.05) is 13.0 Å². The van der Waals surface area contributed by atoms with Crippen LogP contribution in [0.2, 0.25) is 0 Å². The van der Waals surface area contributed by atoms with Crippen LogP contribution in [-0.2, 0) is 4.79 Å². The maximum Gasteiger partial charge on any atom is 0.321 e. The lowest BCUT2D eigenvalue weighted by molar-refractivity contribution is -0.143. The molecule has 0 bridgehead atoms. The summed E-state index contributed by atoms with van der Waals surface area (Å²) in [5.41, 5.74) is 0. The molecular weight excluding hydrogens is 216 g/mol. The van der Waals surface area contributed by atoms with Gasteiger partial charge in [-0.1, -0.05) is 6.42 Å². The summed E-state index contributed by atoms with van der Waals surface area (Å²) in [6, 6.07) is 1.87. The Morgan fingerprint density at radius 3 is 2.94 bits per heavy atom. The fourth-order valence-corrected chi connectivity index (χ4v) is 3.48. The highest BCUT2D eigenvalue weighted by Gasteiger charge is 2.47. The molecule has 0 radical (unpaired) electrons. The fourth-order valence-electron chi connectivity index (χ4n) is 3.48. The van der Waals surface area contributed by atoms with Crippen LogP contribution in [0.3, 0.4) is 0 Å². The van der Waals surface area contributed by atoms with E-state index in [2.05, 4.69) is 11.0 Å². The first-order valence-corrected chi connectivity index (χ1v) is 6.58. The van der Waals surface area contributed by atoms with Gasteiger partial charge in [-0.25, -0.2) is 0 Å². The Hall–Kier alpha value is -1.08. The Balaban J connectivity index is 1.88. The number of hydrogen-bond donors (Lipinski definition) is 1. The lowest BCUT2D eigenvalue weighted by Gasteiger charge is -2.23. The SMILES string of the molecule is N#CCCCCN1CC2CCCC2C1C(=O)O. The number of nitriles is 1. The molecule has 0 spiro atoms. The Kier molecular flexibility index (Phi) is 4.01. The molecule has 0 aromatic heterocycles. The van der Waals surface area contributed by atoms with Gasteiger partial charge in [0.05, 0.1) is 6.07 Å². The maximum atomic E-state index is 11.3. The number of nitrogens with zero attached hydrogens (tertiary/aromatic N) is 2. The Morgan fingerprint density at radius 1 is 1.41 bits per heavy atom. The second-order valence-electron chi connectivity index (χ2n) is 5.25. The van der Waals surface area contributed by atoms with Crippen LogP contribution in [0.15, 0.2) is 0 Å². The zero-order valence-corrected chi connectivity index (χ0v) is 10.1. The van der Waals surface area contributed by atoms with Crippen LogP contribution < -0.4 is 0 Å². The van der Waals surface area contributed by atoms with Crippen molar-refractivity contribution in [2.45, 2.75) is 44.6 Å². The van der Waals surface area contributed by atoms with E-state index in [1.165, 1.54) is 12.8 Å². The van der Waals surface area contributed by atoms with Gasteiger partial charge in [-0.05, 0) is 44.1 Å². The van der Waals surface area contributed by atoms with E-state index >= 15 is 0 Å². The van der Waals surface area contributed by atoms with Gasteiger partial charge in [0.1, 0.15) is 6.04 Å². The molecule has 1 heterocycles. The molecule has 3 unspecified atom stereocenters. The standard InChI is InChI=1S/C13H20N2O2/c14-7-2-1-3-8-15-9-10-5-4-6-11(10)12(15)13(16)17/h10-12H,1-6,8-9H2,(H,16,17). The van der Waals surface area contributed by atoms with E-state index in [1.807, 2.05) is 0 Å². The molecule has 0 aromatic rings. The first-order valence-electron chi connectivity index (χ1n) is 6.58. The van der Waals surface area contributed by atoms with E-state index in [0.29, 0.717) is 18.3 Å². The summed E-state index contributed by atoms with van der Waals surface area (Å²) in [5, 5.41) is 17.8. The molecule has 94 valence electrons. The van der Waals surface area contributed by atoms with Crippen LogP contribution in [0.4, 0.5) is 0 Å². The number of carboxylic acid groups (broad SMARTS) is 1. The molecule has 1 saturated carbocycles. The molecular formula is C13H20N2O2. The molecule has 1 aliphatic carbocycles. The molecule has 4 heteroatoms. The summed E-state index contributed by atoms with van der Waals surface area (Å²) in [5.74, 6) is 0.329. The summed E-state index contributed by atoms with van der Waals surface area (Å²) in [6.07, 6.45) is 5.88. The topological polar surface area (TPSA) is 64.3 Å². The molecule has 4 nitrogen and oxygen atoms in total.